The normalized spacial score (nSPS) is 21.4. The average molecular weight is 239 g/mol. The molecule has 1 saturated heterocycles. The summed E-state index contributed by atoms with van der Waals surface area (Å²) in [5.74, 6) is 0.444. The molecule has 0 amide bonds. The predicted molar refractivity (Wildman–Crippen MR) is 64.3 cm³/mol. The standard InChI is InChI=1S/C12H18FN3O/c1-9-8-16(3-2-4-17-9)12-10(6-14)5-11(13)7-15-12/h5,7,9H,2-4,6,8,14H2,1H3. The summed E-state index contributed by atoms with van der Waals surface area (Å²) in [5, 5.41) is 0. The highest BCUT2D eigenvalue weighted by atomic mass is 19.1. The number of anilines is 1. The van der Waals surface area contributed by atoms with Gasteiger partial charge in [-0.2, -0.15) is 0 Å². The molecule has 1 atom stereocenters. The van der Waals surface area contributed by atoms with Crippen LogP contribution in [0.1, 0.15) is 18.9 Å². The molecule has 1 aromatic heterocycles. The van der Waals surface area contributed by atoms with Crippen LogP contribution in [0.3, 0.4) is 0 Å². The van der Waals surface area contributed by atoms with E-state index in [1.165, 1.54) is 12.3 Å². The van der Waals surface area contributed by atoms with Gasteiger partial charge in [-0.15, -0.1) is 0 Å². The first kappa shape index (κ1) is 12.3. The van der Waals surface area contributed by atoms with E-state index in [4.69, 9.17) is 10.5 Å². The van der Waals surface area contributed by atoms with Crippen LogP contribution in [-0.4, -0.2) is 30.8 Å². The van der Waals surface area contributed by atoms with Crippen molar-refractivity contribution in [3.8, 4) is 0 Å². The van der Waals surface area contributed by atoms with Gasteiger partial charge in [0, 0.05) is 31.8 Å². The monoisotopic (exact) mass is 239 g/mol. The fourth-order valence-corrected chi connectivity index (χ4v) is 2.10. The van der Waals surface area contributed by atoms with E-state index in [1.807, 2.05) is 6.92 Å². The van der Waals surface area contributed by atoms with E-state index in [9.17, 15) is 4.39 Å². The number of nitrogens with two attached hydrogens (primary N) is 1. The van der Waals surface area contributed by atoms with E-state index in [2.05, 4.69) is 9.88 Å². The summed E-state index contributed by atoms with van der Waals surface area (Å²) in [5.41, 5.74) is 6.38. The molecular weight excluding hydrogens is 221 g/mol. The van der Waals surface area contributed by atoms with E-state index in [0.29, 0.717) is 6.54 Å². The summed E-state index contributed by atoms with van der Waals surface area (Å²) in [7, 11) is 0. The van der Waals surface area contributed by atoms with Gasteiger partial charge in [0.1, 0.15) is 11.6 Å². The number of nitrogens with zero attached hydrogens (tertiary/aromatic N) is 2. The van der Waals surface area contributed by atoms with Gasteiger partial charge in [-0.3, -0.25) is 0 Å². The van der Waals surface area contributed by atoms with Crippen molar-refractivity contribution in [3.05, 3.63) is 23.6 Å². The van der Waals surface area contributed by atoms with Gasteiger partial charge in [0.2, 0.25) is 0 Å². The van der Waals surface area contributed by atoms with Crippen LogP contribution in [0.2, 0.25) is 0 Å². The van der Waals surface area contributed by atoms with Gasteiger partial charge in [-0.05, 0) is 19.4 Å². The molecule has 94 valence electrons. The number of rotatable bonds is 2. The maximum absolute atomic E-state index is 13.1. The second kappa shape index (κ2) is 5.42. The fourth-order valence-electron chi connectivity index (χ4n) is 2.10. The van der Waals surface area contributed by atoms with Crippen molar-refractivity contribution in [1.29, 1.82) is 0 Å². The SMILES string of the molecule is CC1CN(c2ncc(F)cc2CN)CCCO1. The quantitative estimate of drug-likeness (QED) is 0.845. The Labute approximate surface area is 101 Å². The van der Waals surface area contributed by atoms with Crippen molar-refractivity contribution in [2.24, 2.45) is 5.73 Å². The van der Waals surface area contributed by atoms with Gasteiger partial charge in [0.15, 0.2) is 0 Å². The van der Waals surface area contributed by atoms with Crippen LogP contribution < -0.4 is 10.6 Å². The number of halogens is 1. The van der Waals surface area contributed by atoms with Gasteiger partial charge < -0.3 is 15.4 Å². The van der Waals surface area contributed by atoms with Crippen molar-refractivity contribution in [2.75, 3.05) is 24.6 Å². The highest BCUT2D eigenvalue weighted by molar-refractivity contribution is 5.47. The molecule has 0 spiro atoms. The number of ether oxygens (including phenoxy) is 1. The van der Waals surface area contributed by atoms with E-state index in [0.717, 1.165) is 37.5 Å². The molecule has 0 aromatic carbocycles. The van der Waals surface area contributed by atoms with Crippen molar-refractivity contribution < 1.29 is 9.13 Å². The summed E-state index contributed by atoms with van der Waals surface area (Å²) < 4.78 is 18.7. The van der Waals surface area contributed by atoms with E-state index >= 15 is 0 Å². The smallest absolute Gasteiger partial charge is 0.141 e. The third-order valence-corrected chi connectivity index (χ3v) is 2.88. The first-order valence-corrected chi connectivity index (χ1v) is 5.91. The Morgan fingerprint density at radius 1 is 1.65 bits per heavy atom. The molecule has 1 aliphatic heterocycles. The zero-order valence-electron chi connectivity index (χ0n) is 10.0. The predicted octanol–water partition coefficient (Wildman–Crippen LogP) is 1.29. The van der Waals surface area contributed by atoms with Crippen molar-refractivity contribution in [3.63, 3.8) is 0 Å². The van der Waals surface area contributed by atoms with Crippen LogP contribution in [0.25, 0.3) is 0 Å². The van der Waals surface area contributed by atoms with Crippen LogP contribution in [-0.2, 0) is 11.3 Å². The van der Waals surface area contributed by atoms with Crippen molar-refractivity contribution in [2.45, 2.75) is 26.0 Å². The summed E-state index contributed by atoms with van der Waals surface area (Å²) in [6.07, 6.45) is 2.35. The van der Waals surface area contributed by atoms with Gasteiger partial charge >= 0.3 is 0 Å². The minimum absolute atomic E-state index is 0.162. The molecule has 1 fully saturated rings. The van der Waals surface area contributed by atoms with Gasteiger partial charge in [-0.25, -0.2) is 9.37 Å². The highest BCUT2D eigenvalue weighted by Crippen LogP contribution is 2.20. The van der Waals surface area contributed by atoms with Crippen LogP contribution in [0.4, 0.5) is 10.2 Å². The molecule has 2 N–H and O–H groups in total. The molecule has 2 heterocycles. The third kappa shape index (κ3) is 2.92. The Kier molecular flexibility index (Phi) is 3.91. The summed E-state index contributed by atoms with van der Waals surface area (Å²) in [6, 6.07) is 1.46. The van der Waals surface area contributed by atoms with Crippen molar-refractivity contribution >= 4 is 5.82 Å². The second-order valence-corrected chi connectivity index (χ2v) is 4.32. The summed E-state index contributed by atoms with van der Waals surface area (Å²) >= 11 is 0. The third-order valence-electron chi connectivity index (χ3n) is 2.88. The molecule has 0 aliphatic carbocycles. The molecule has 0 radical (unpaired) electrons. The molecule has 2 rings (SSSR count). The molecule has 5 heteroatoms. The topological polar surface area (TPSA) is 51.4 Å². The van der Waals surface area contributed by atoms with E-state index in [-0.39, 0.29) is 11.9 Å². The number of pyridine rings is 1. The summed E-state index contributed by atoms with van der Waals surface area (Å²) in [6.45, 7) is 4.73. The van der Waals surface area contributed by atoms with Crippen LogP contribution in [0.5, 0.6) is 0 Å². The number of aromatic nitrogens is 1. The Balaban J connectivity index is 2.25. The van der Waals surface area contributed by atoms with Crippen LogP contribution in [0, 0.1) is 5.82 Å². The lowest BCUT2D eigenvalue weighted by molar-refractivity contribution is 0.0820. The van der Waals surface area contributed by atoms with Gasteiger partial charge in [-0.1, -0.05) is 0 Å². The Morgan fingerprint density at radius 2 is 2.47 bits per heavy atom. The molecule has 1 unspecified atom stereocenters. The summed E-state index contributed by atoms with van der Waals surface area (Å²) in [4.78, 5) is 6.29. The minimum atomic E-state index is -0.340. The second-order valence-electron chi connectivity index (χ2n) is 4.32. The van der Waals surface area contributed by atoms with Crippen molar-refractivity contribution in [1.82, 2.24) is 4.98 Å². The molecule has 1 aliphatic rings. The Morgan fingerprint density at radius 3 is 3.24 bits per heavy atom. The maximum Gasteiger partial charge on any atom is 0.141 e. The zero-order valence-corrected chi connectivity index (χ0v) is 10.0. The largest absolute Gasteiger partial charge is 0.377 e. The van der Waals surface area contributed by atoms with E-state index < -0.39 is 0 Å². The lowest BCUT2D eigenvalue weighted by Gasteiger charge is -2.25. The molecule has 0 bridgehead atoms. The molecule has 4 nitrogen and oxygen atoms in total. The first-order chi connectivity index (χ1) is 8.20. The van der Waals surface area contributed by atoms with E-state index in [1.54, 1.807) is 0 Å². The molecular formula is C12H18FN3O. The lowest BCUT2D eigenvalue weighted by atomic mass is 10.2. The maximum atomic E-state index is 13.1. The fraction of sp³-hybridized carbons (Fsp3) is 0.583. The minimum Gasteiger partial charge on any atom is -0.377 e. The van der Waals surface area contributed by atoms with Gasteiger partial charge in [0.25, 0.3) is 0 Å². The average Bonchev–Trinajstić information content (AvgIpc) is 2.53. The highest BCUT2D eigenvalue weighted by Gasteiger charge is 2.18. The molecule has 17 heavy (non-hydrogen) atoms. The zero-order chi connectivity index (χ0) is 12.3. The number of hydrogen-bond donors (Lipinski definition) is 1. The van der Waals surface area contributed by atoms with Crippen LogP contribution in [0.15, 0.2) is 12.3 Å². The molecule has 1 aromatic rings. The first-order valence-electron chi connectivity index (χ1n) is 5.91. The number of hydrogen-bond acceptors (Lipinski definition) is 4. The van der Waals surface area contributed by atoms with Crippen LogP contribution >= 0.6 is 0 Å². The lowest BCUT2D eigenvalue weighted by Crippen LogP contribution is -2.32. The Bertz CT molecular complexity index is 386. The Hall–Kier alpha value is -1.20. The molecule has 0 saturated carbocycles. The van der Waals surface area contributed by atoms with Gasteiger partial charge in [0.05, 0.1) is 12.3 Å².